The molecule has 0 atom stereocenters. The quantitative estimate of drug-likeness (QED) is 0.356. The molecule has 0 amide bonds. The Bertz CT molecular complexity index is 26.3. The first-order valence-electron chi connectivity index (χ1n) is 1.51. The molecule has 0 aromatic heterocycles. The molecule has 0 aliphatic carbocycles. The standard InChI is InChI=1S/C3H9NO.Cu/c1-3(2,4)5;/h5H,4H2,1-2H3;. The van der Waals surface area contributed by atoms with E-state index in [4.69, 9.17) is 10.8 Å². The molecule has 2 nitrogen and oxygen atoms in total. The summed E-state index contributed by atoms with van der Waals surface area (Å²) >= 11 is 0. The SMILES string of the molecule is CC(C)(N)O.[Cu]. The molecule has 0 spiro atoms. The molecule has 0 saturated heterocycles. The average Bonchev–Trinajstić information content (AvgIpc) is 0.722. The van der Waals surface area contributed by atoms with Crippen LogP contribution in [0, 0.1) is 0 Å². The van der Waals surface area contributed by atoms with Crippen molar-refractivity contribution in [1.82, 2.24) is 0 Å². The predicted molar refractivity (Wildman–Crippen MR) is 20.5 cm³/mol. The van der Waals surface area contributed by atoms with Crippen molar-refractivity contribution in [3.8, 4) is 0 Å². The van der Waals surface area contributed by atoms with Crippen LogP contribution >= 0.6 is 0 Å². The largest absolute Gasteiger partial charge is 0.377 e. The Morgan fingerprint density at radius 2 is 1.50 bits per heavy atom. The Morgan fingerprint density at radius 3 is 1.50 bits per heavy atom. The van der Waals surface area contributed by atoms with E-state index in [1.54, 1.807) is 0 Å². The monoisotopic (exact) mass is 138 g/mol. The molecule has 0 aliphatic heterocycles. The summed E-state index contributed by atoms with van der Waals surface area (Å²) in [5, 5.41) is 8.30. The van der Waals surface area contributed by atoms with Crippen LogP contribution in [0.15, 0.2) is 0 Å². The fourth-order valence-corrected chi connectivity index (χ4v) is 0. The van der Waals surface area contributed by atoms with E-state index >= 15 is 0 Å². The second-order valence-corrected chi connectivity index (χ2v) is 1.65. The third kappa shape index (κ3) is 272. The minimum atomic E-state index is -1.00. The third-order valence-electron chi connectivity index (χ3n) is 0. The molecule has 0 fully saturated rings. The van der Waals surface area contributed by atoms with E-state index in [1.807, 2.05) is 0 Å². The van der Waals surface area contributed by atoms with Gasteiger partial charge in [0.05, 0.1) is 0 Å². The number of aliphatic hydroxyl groups is 1. The first kappa shape index (κ1) is 9.67. The zero-order valence-electron chi connectivity index (χ0n) is 3.83. The number of hydrogen-bond donors (Lipinski definition) is 2. The molecular weight excluding hydrogens is 130 g/mol. The van der Waals surface area contributed by atoms with Crippen molar-refractivity contribution in [1.29, 1.82) is 0 Å². The van der Waals surface area contributed by atoms with Gasteiger partial charge >= 0.3 is 0 Å². The normalized spacial score (nSPS) is 10.0. The van der Waals surface area contributed by atoms with Crippen molar-refractivity contribution in [2.75, 3.05) is 0 Å². The van der Waals surface area contributed by atoms with Gasteiger partial charge in [0.2, 0.25) is 0 Å². The Morgan fingerprint density at radius 1 is 1.50 bits per heavy atom. The molecule has 6 heavy (non-hydrogen) atoms. The zero-order valence-corrected chi connectivity index (χ0v) is 4.77. The van der Waals surface area contributed by atoms with Gasteiger partial charge in [0.25, 0.3) is 0 Å². The van der Waals surface area contributed by atoms with E-state index in [-0.39, 0.29) is 17.1 Å². The topological polar surface area (TPSA) is 46.2 Å². The first-order chi connectivity index (χ1) is 2.00. The van der Waals surface area contributed by atoms with Gasteiger partial charge in [0.1, 0.15) is 5.72 Å². The maximum atomic E-state index is 8.30. The summed E-state index contributed by atoms with van der Waals surface area (Å²) in [5.41, 5.74) is 3.91. The molecule has 0 saturated carbocycles. The van der Waals surface area contributed by atoms with Crippen LogP contribution in [0.2, 0.25) is 0 Å². The molecule has 0 unspecified atom stereocenters. The minimum absolute atomic E-state index is 0. The maximum Gasteiger partial charge on any atom is 0.107 e. The summed E-state index contributed by atoms with van der Waals surface area (Å²) in [4.78, 5) is 0. The van der Waals surface area contributed by atoms with Gasteiger partial charge in [-0.1, -0.05) is 0 Å². The van der Waals surface area contributed by atoms with Gasteiger partial charge in [-0.25, -0.2) is 0 Å². The molecule has 3 N–H and O–H groups in total. The van der Waals surface area contributed by atoms with E-state index < -0.39 is 5.72 Å². The van der Waals surface area contributed by atoms with Crippen LogP contribution in [0.25, 0.3) is 0 Å². The molecule has 0 aliphatic rings. The Hall–Kier alpha value is 0.439. The summed E-state index contributed by atoms with van der Waals surface area (Å²) < 4.78 is 0. The first-order valence-corrected chi connectivity index (χ1v) is 1.51. The van der Waals surface area contributed by atoms with Gasteiger partial charge < -0.3 is 10.8 Å². The molecule has 1 radical (unpaired) electrons. The number of rotatable bonds is 0. The van der Waals surface area contributed by atoms with E-state index in [9.17, 15) is 0 Å². The van der Waals surface area contributed by atoms with Crippen molar-refractivity contribution in [2.24, 2.45) is 5.73 Å². The van der Waals surface area contributed by atoms with E-state index in [0.717, 1.165) is 0 Å². The Labute approximate surface area is 48.2 Å². The van der Waals surface area contributed by atoms with Crippen molar-refractivity contribution in [2.45, 2.75) is 19.6 Å². The molecule has 0 aromatic rings. The Kier molecular flexibility index (Phi) is 4.17. The van der Waals surface area contributed by atoms with E-state index in [1.165, 1.54) is 13.8 Å². The second-order valence-electron chi connectivity index (χ2n) is 1.65. The van der Waals surface area contributed by atoms with Crippen LogP contribution in [0.1, 0.15) is 13.8 Å². The van der Waals surface area contributed by atoms with Crippen LogP contribution in [0.5, 0.6) is 0 Å². The summed E-state index contributed by atoms with van der Waals surface area (Å²) in [7, 11) is 0. The van der Waals surface area contributed by atoms with Crippen LogP contribution in [-0.4, -0.2) is 10.8 Å². The summed E-state index contributed by atoms with van der Waals surface area (Å²) in [6.45, 7) is 3.04. The smallest absolute Gasteiger partial charge is 0.107 e. The van der Waals surface area contributed by atoms with Crippen LogP contribution in [0.4, 0.5) is 0 Å². The van der Waals surface area contributed by atoms with E-state index in [0.29, 0.717) is 0 Å². The van der Waals surface area contributed by atoms with Gasteiger partial charge in [-0.2, -0.15) is 0 Å². The van der Waals surface area contributed by atoms with Crippen LogP contribution in [0.3, 0.4) is 0 Å². The second kappa shape index (κ2) is 2.59. The predicted octanol–water partition coefficient (Wildman–Crippen LogP) is -0.329. The number of nitrogens with two attached hydrogens (primary N) is 1. The van der Waals surface area contributed by atoms with Crippen molar-refractivity contribution < 1.29 is 22.2 Å². The van der Waals surface area contributed by atoms with Gasteiger partial charge in [0, 0.05) is 17.1 Å². The fourth-order valence-electron chi connectivity index (χ4n) is 0. The molecular formula is C3H9CuNO. The molecule has 3 heteroatoms. The van der Waals surface area contributed by atoms with Crippen LogP contribution in [-0.2, 0) is 17.1 Å². The summed E-state index contributed by atoms with van der Waals surface area (Å²) in [6, 6.07) is 0. The molecule has 0 aromatic carbocycles. The average molecular weight is 139 g/mol. The third-order valence-corrected chi connectivity index (χ3v) is 0. The van der Waals surface area contributed by atoms with Crippen molar-refractivity contribution in [3.05, 3.63) is 0 Å². The van der Waals surface area contributed by atoms with Gasteiger partial charge in [-0.15, -0.1) is 0 Å². The summed E-state index contributed by atoms with van der Waals surface area (Å²) in [6.07, 6.45) is 0. The van der Waals surface area contributed by atoms with Crippen molar-refractivity contribution >= 4 is 0 Å². The number of hydrogen-bond acceptors (Lipinski definition) is 2. The zero-order chi connectivity index (χ0) is 4.50. The van der Waals surface area contributed by atoms with E-state index in [2.05, 4.69) is 0 Å². The van der Waals surface area contributed by atoms with Crippen molar-refractivity contribution in [3.63, 3.8) is 0 Å². The minimum Gasteiger partial charge on any atom is -0.377 e. The molecule has 0 heterocycles. The van der Waals surface area contributed by atoms with Gasteiger partial charge in [-0.05, 0) is 13.8 Å². The Balaban J connectivity index is 0. The summed E-state index contributed by atoms with van der Waals surface area (Å²) in [5.74, 6) is 0. The maximum absolute atomic E-state index is 8.30. The fraction of sp³-hybridized carbons (Fsp3) is 1.00. The molecule has 0 rings (SSSR count). The van der Waals surface area contributed by atoms with Crippen LogP contribution < -0.4 is 5.73 Å². The van der Waals surface area contributed by atoms with Gasteiger partial charge in [0.15, 0.2) is 0 Å². The molecule has 0 bridgehead atoms. The molecule has 43 valence electrons. The van der Waals surface area contributed by atoms with Gasteiger partial charge in [-0.3, -0.25) is 0 Å².